The zero-order chi connectivity index (χ0) is 15.3. The van der Waals surface area contributed by atoms with Crippen LogP contribution in [-0.4, -0.2) is 26.2 Å². The monoisotopic (exact) mass is 288 g/mol. The van der Waals surface area contributed by atoms with Crippen LogP contribution in [0.5, 0.6) is 0 Å². The lowest BCUT2D eigenvalue weighted by Gasteiger charge is -2.34. The number of para-hydroxylation sites is 1. The van der Waals surface area contributed by atoms with Crippen LogP contribution in [0.4, 0.5) is 5.69 Å². The van der Waals surface area contributed by atoms with Crippen molar-refractivity contribution in [1.29, 1.82) is 0 Å². The first-order valence-electron chi connectivity index (χ1n) is 8.55. The van der Waals surface area contributed by atoms with E-state index in [-0.39, 0.29) is 0 Å². The van der Waals surface area contributed by atoms with Crippen LogP contribution >= 0.6 is 0 Å². The van der Waals surface area contributed by atoms with E-state index in [0.29, 0.717) is 11.5 Å². The van der Waals surface area contributed by atoms with Crippen molar-refractivity contribution in [3.05, 3.63) is 30.3 Å². The quantitative estimate of drug-likeness (QED) is 0.804. The highest BCUT2D eigenvalue weighted by Crippen LogP contribution is 2.41. The number of unbranched alkanes of at least 4 members (excludes halogenated alkanes) is 1. The standard InChI is InChI=1S/C19H32N2/c1-5-6-14-21(17-10-8-7-9-11-17)15-16-12-13-19(2,3)18(16)20-4/h7-11,16,18,20H,5-6,12-15H2,1-4H3. The van der Waals surface area contributed by atoms with Gasteiger partial charge in [-0.25, -0.2) is 0 Å². The molecule has 1 aliphatic carbocycles. The van der Waals surface area contributed by atoms with Gasteiger partial charge in [-0.1, -0.05) is 45.4 Å². The van der Waals surface area contributed by atoms with E-state index in [0.717, 1.165) is 5.92 Å². The van der Waals surface area contributed by atoms with E-state index in [2.05, 4.69) is 68.4 Å². The Labute approximate surface area is 130 Å². The SMILES string of the molecule is CCCCN(CC1CCC(C)(C)C1NC)c1ccccc1. The molecule has 0 heterocycles. The van der Waals surface area contributed by atoms with Crippen LogP contribution in [0.1, 0.15) is 46.5 Å². The molecule has 2 heteroatoms. The van der Waals surface area contributed by atoms with Crippen LogP contribution in [-0.2, 0) is 0 Å². The fraction of sp³-hybridized carbons (Fsp3) is 0.684. The van der Waals surface area contributed by atoms with Crippen molar-refractivity contribution in [2.45, 2.75) is 52.5 Å². The zero-order valence-corrected chi connectivity index (χ0v) is 14.2. The normalized spacial score (nSPS) is 24.2. The Kier molecular flexibility index (Phi) is 5.69. The number of anilines is 1. The number of benzene rings is 1. The van der Waals surface area contributed by atoms with Gasteiger partial charge in [0, 0.05) is 24.8 Å². The van der Waals surface area contributed by atoms with Crippen LogP contribution < -0.4 is 10.2 Å². The van der Waals surface area contributed by atoms with Crippen molar-refractivity contribution in [3.8, 4) is 0 Å². The Balaban J connectivity index is 2.08. The molecular formula is C19H32N2. The highest BCUT2D eigenvalue weighted by atomic mass is 15.1. The molecule has 0 spiro atoms. The molecule has 0 amide bonds. The van der Waals surface area contributed by atoms with Gasteiger partial charge in [-0.15, -0.1) is 0 Å². The molecule has 118 valence electrons. The number of hydrogen-bond acceptors (Lipinski definition) is 2. The molecule has 0 radical (unpaired) electrons. The second-order valence-electron chi connectivity index (χ2n) is 7.19. The average Bonchev–Trinajstić information content (AvgIpc) is 2.78. The molecule has 1 aromatic carbocycles. The van der Waals surface area contributed by atoms with Crippen LogP contribution in [0, 0.1) is 11.3 Å². The Bertz CT molecular complexity index is 413. The van der Waals surface area contributed by atoms with Crippen LogP contribution in [0.25, 0.3) is 0 Å². The fourth-order valence-corrected chi connectivity index (χ4v) is 3.94. The second-order valence-corrected chi connectivity index (χ2v) is 7.19. The van der Waals surface area contributed by atoms with E-state index in [9.17, 15) is 0 Å². The third-order valence-corrected chi connectivity index (χ3v) is 5.14. The number of rotatable bonds is 7. The maximum atomic E-state index is 3.59. The molecule has 0 saturated heterocycles. The van der Waals surface area contributed by atoms with Crippen molar-refractivity contribution in [2.24, 2.45) is 11.3 Å². The highest BCUT2D eigenvalue weighted by Gasteiger charge is 2.41. The van der Waals surface area contributed by atoms with Gasteiger partial charge in [-0.2, -0.15) is 0 Å². The van der Waals surface area contributed by atoms with Gasteiger partial charge >= 0.3 is 0 Å². The molecule has 1 aliphatic rings. The average molecular weight is 288 g/mol. The summed E-state index contributed by atoms with van der Waals surface area (Å²) < 4.78 is 0. The molecule has 1 saturated carbocycles. The second kappa shape index (κ2) is 7.31. The summed E-state index contributed by atoms with van der Waals surface area (Å²) in [5.41, 5.74) is 1.80. The molecule has 1 aromatic rings. The third kappa shape index (κ3) is 4.00. The van der Waals surface area contributed by atoms with E-state index in [1.807, 2.05) is 0 Å². The van der Waals surface area contributed by atoms with E-state index in [1.54, 1.807) is 0 Å². The van der Waals surface area contributed by atoms with Gasteiger partial charge in [0.25, 0.3) is 0 Å². The lowest BCUT2D eigenvalue weighted by Crippen LogP contribution is -2.44. The summed E-state index contributed by atoms with van der Waals surface area (Å²) in [6.07, 6.45) is 5.21. The summed E-state index contributed by atoms with van der Waals surface area (Å²) in [5, 5.41) is 3.59. The summed E-state index contributed by atoms with van der Waals surface area (Å²) in [6, 6.07) is 11.6. The zero-order valence-electron chi connectivity index (χ0n) is 14.2. The maximum absolute atomic E-state index is 3.59. The van der Waals surface area contributed by atoms with E-state index in [4.69, 9.17) is 0 Å². The summed E-state index contributed by atoms with van der Waals surface area (Å²) >= 11 is 0. The molecule has 2 rings (SSSR count). The van der Waals surface area contributed by atoms with E-state index >= 15 is 0 Å². The van der Waals surface area contributed by atoms with Crippen LogP contribution in [0.2, 0.25) is 0 Å². The van der Waals surface area contributed by atoms with Crippen molar-refractivity contribution < 1.29 is 0 Å². The largest absolute Gasteiger partial charge is 0.371 e. The smallest absolute Gasteiger partial charge is 0.0366 e. The lowest BCUT2D eigenvalue weighted by atomic mass is 9.85. The minimum absolute atomic E-state index is 0.423. The molecule has 2 atom stereocenters. The molecular weight excluding hydrogens is 256 g/mol. The first-order valence-corrected chi connectivity index (χ1v) is 8.55. The summed E-state index contributed by atoms with van der Waals surface area (Å²) in [7, 11) is 2.13. The molecule has 0 aromatic heterocycles. The molecule has 0 aliphatic heterocycles. The van der Waals surface area contributed by atoms with Crippen LogP contribution in [0.15, 0.2) is 30.3 Å². The first-order chi connectivity index (χ1) is 10.1. The Hall–Kier alpha value is -1.02. The Morgan fingerprint density at radius 2 is 1.95 bits per heavy atom. The Morgan fingerprint density at radius 1 is 1.24 bits per heavy atom. The maximum Gasteiger partial charge on any atom is 0.0366 e. The topological polar surface area (TPSA) is 15.3 Å². The predicted molar refractivity (Wildman–Crippen MR) is 92.9 cm³/mol. The van der Waals surface area contributed by atoms with E-state index in [1.165, 1.54) is 44.5 Å². The van der Waals surface area contributed by atoms with Gasteiger partial charge in [-0.05, 0) is 49.8 Å². The molecule has 1 fully saturated rings. The van der Waals surface area contributed by atoms with E-state index < -0.39 is 0 Å². The summed E-state index contributed by atoms with van der Waals surface area (Å²) in [4.78, 5) is 2.60. The van der Waals surface area contributed by atoms with Crippen molar-refractivity contribution in [2.75, 3.05) is 25.0 Å². The highest BCUT2D eigenvalue weighted by molar-refractivity contribution is 5.46. The van der Waals surface area contributed by atoms with Gasteiger partial charge in [0.2, 0.25) is 0 Å². The number of nitrogens with zero attached hydrogens (tertiary/aromatic N) is 1. The molecule has 1 N–H and O–H groups in total. The summed E-state index contributed by atoms with van der Waals surface area (Å²) in [6.45, 7) is 9.45. The van der Waals surface area contributed by atoms with Crippen LogP contribution in [0.3, 0.4) is 0 Å². The van der Waals surface area contributed by atoms with Gasteiger partial charge in [0.1, 0.15) is 0 Å². The minimum Gasteiger partial charge on any atom is -0.371 e. The van der Waals surface area contributed by atoms with Crippen molar-refractivity contribution >= 4 is 5.69 Å². The fourth-order valence-electron chi connectivity index (χ4n) is 3.94. The predicted octanol–water partition coefficient (Wildman–Crippen LogP) is 4.32. The third-order valence-electron chi connectivity index (χ3n) is 5.14. The molecule has 0 bridgehead atoms. The van der Waals surface area contributed by atoms with Crippen molar-refractivity contribution in [3.63, 3.8) is 0 Å². The van der Waals surface area contributed by atoms with Crippen molar-refractivity contribution in [1.82, 2.24) is 5.32 Å². The van der Waals surface area contributed by atoms with Gasteiger partial charge in [0.15, 0.2) is 0 Å². The van der Waals surface area contributed by atoms with Gasteiger partial charge in [0.05, 0.1) is 0 Å². The first kappa shape index (κ1) is 16.4. The van der Waals surface area contributed by atoms with Gasteiger partial charge < -0.3 is 10.2 Å². The Morgan fingerprint density at radius 3 is 2.57 bits per heavy atom. The summed E-state index contributed by atoms with van der Waals surface area (Å²) in [5.74, 6) is 0.752. The van der Waals surface area contributed by atoms with Gasteiger partial charge in [-0.3, -0.25) is 0 Å². The molecule has 2 unspecified atom stereocenters. The molecule has 21 heavy (non-hydrogen) atoms. The number of nitrogens with one attached hydrogen (secondary N) is 1. The molecule has 2 nitrogen and oxygen atoms in total. The lowest BCUT2D eigenvalue weighted by molar-refractivity contribution is 0.262. The number of hydrogen-bond donors (Lipinski definition) is 1. The minimum atomic E-state index is 0.423.